The molecule has 0 N–H and O–H groups in total. The van der Waals surface area contributed by atoms with E-state index in [-0.39, 0.29) is 0 Å². The summed E-state index contributed by atoms with van der Waals surface area (Å²) < 4.78 is 4.77. The molecule has 0 aromatic carbocycles. The van der Waals surface area contributed by atoms with Crippen LogP contribution in [0.1, 0.15) is 26.2 Å². The maximum absolute atomic E-state index is 4.77. The summed E-state index contributed by atoms with van der Waals surface area (Å²) in [6.07, 6.45) is 29.6. The predicted octanol–water partition coefficient (Wildman–Crippen LogP) is 5.32. The molecule has 104 valence electrons. The zero-order valence-electron chi connectivity index (χ0n) is 12.0. The minimum absolute atomic E-state index is 0.973. The zero-order valence-corrected chi connectivity index (χ0v) is 12.0. The Hall–Kier alpha value is -1.89. The van der Waals surface area contributed by atoms with Crippen LogP contribution in [0.5, 0.6) is 0 Å². The molecule has 0 bridgehead atoms. The van der Waals surface area contributed by atoms with Gasteiger partial charge in [-0.25, -0.2) is 0 Å². The Labute approximate surface area is 118 Å². The second-order valence-electron chi connectivity index (χ2n) is 3.79. The monoisotopic (exact) mass is 257 g/mol. The Balaban J connectivity index is 3.48. The quantitative estimate of drug-likeness (QED) is 0.223. The Bertz CT molecular complexity index is 341. The van der Waals surface area contributed by atoms with Gasteiger partial charge < -0.3 is 4.74 Å². The molecule has 19 heavy (non-hydrogen) atoms. The van der Waals surface area contributed by atoms with E-state index in [1.54, 1.807) is 13.4 Å². The van der Waals surface area contributed by atoms with E-state index < -0.39 is 0 Å². The smallest absolute Gasteiger partial charge is 0.0765 e. The topological polar surface area (TPSA) is 9.23 Å². The van der Waals surface area contributed by atoms with Crippen molar-refractivity contribution in [3.8, 4) is 0 Å². The number of rotatable bonds is 10. The summed E-state index contributed by atoms with van der Waals surface area (Å²) in [6, 6.07) is 0. The number of allylic oxidation sites excluding steroid dienone is 11. The fourth-order valence-electron chi connectivity index (χ4n) is 1.23. The third kappa shape index (κ3) is 16.1. The average Bonchev–Trinajstić information content (AvgIpc) is 2.43. The lowest BCUT2D eigenvalue weighted by molar-refractivity contribution is 0.338. The van der Waals surface area contributed by atoms with Crippen LogP contribution in [0.2, 0.25) is 0 Å². The van der Waals surface area contributed by atoms with Gasteiger partial charge in [0, 0.05) is 0 Å². The van der Waals surface area contributed by atoms with Crippen LogP contribution in [0, 0.1) is 6.42 Å². The number of ether oxygens (including phenoxy) is 1. The minimum atomic E-state index is 0.973. The third-order valence-electron chi connectivity index (χ3n) is 2.18. The van der Waals surface area contributed by atoms with Gasteiger partial charge in [-0.15, -0.1) is 0 Å². The molecule has 0 aromatic rings. The molecule has 0 unspecified atom stereocenters. The van der Waals surface area contributed by atoms with Crippen LogP contribution >= 0.6 is 0 Å². The highest BCUT2D eigenvalue weighted by molar-refractivity contribution is 5.13. The Morgan fingerprint density at radius 1 is 0.789 bits per heavy atom. The van der Waals surface area contributed by atoms with Crippen molar-refractivity contribution >= 4 is 0 Å². The van der Waals surface area contributed by atoms with Gasteiger partial charge in [0.15, 0.2) is 0 Å². The lowest BCUT2D eigenvalue weighted by Crippen LogP contribution is -1.64. The molecule has 0 aromatic heterocycles. The highest BCUT2D eigenvalue weighted by atomic mass is 16.5. The van der Waals surface area contributed by atoms with Crippen LogP contribution in [0.15, 0.2) is 73.1 Å². The third-order valence-corrected chi connectivity index (χ3v) is 2.18. The first kappa shape index (κ1) is 17.1. The van der Waals surface area contributed by atoms with E-state index in [0.29, 0.717) is 0 Å². The molecule has 1 heteroatoms. The molecule has 0 spiro atoms. The van der Waals surface area contributed by atoms with E-state index in [0.717, 1.165) is 19.3 Å². The van der Waals surface area contributed by atoms with Crippen LogP contribution in [0.25, 0.3) is 0 Å². The van der Waals surface area contributed by atoms with Gasteiger partial charge in [-0.3, -0.25) is 0 Å². The summed E-state index contributed by atoms with van der Waals surface area (Å²) in [4.78, 5) is 0. The summed E-state index contributed by atoms with van der Waals surface area (Å²) in [5.41, 5.74) is 0. The first-order valence-corrected chi connectivity index (χ1v) is 6.67. The van der Waals surface area contributed by atoms with Gasteiger partial charge in [0.25, 0.3) is 0 Å². The van der Waals surface area contributed by atoms with Gasteiger partial charge in [-0.05, 0) is 19.8 Å². The lowest BCUT2D eigenvalue weighted by atomic mass is 10.2. The lowest BCUT2D eigenvalue weighted by Gasteiger charge is -1.91. The van der Waals surface area contributed by atoms with Crippen LogP contribution < -0.4 is 0 Å². The van der Waals surface area contributed by atoms with Gasteiger partial charge in [0.05, 0.1) is 13.4 Å². The highest BCUT2D eigenvalue weighted by Gasteiger charge is 1.71. The van der Waals surface area contributed by atoms with Crippen molar-refractivity contribution in [2.75, 3.05) is 7.11 Å². The van der Waals surface area contributed by atoms with Gasteiger partial charge in [0.2, 0.25) is 0 Å². The number of hydrogen-bond donors (Lipinski definition) is 0. The van der Waals surface area contributed by atoms with Crippen molar-refractivity contribution in [1.29, 1.82) is 0 Å². The first-order valence-electron chi connectivity index (χ1n) is 6.67. The highest BCUT2D eigenvalue weighted by Crippen LogP contribution is 1.94. The standard InChI is InChI=1S/C18H25O/c1-3-4-5-6-7-8-9-10-11-12-13-14-15-16-17-18-19-2/h3-4,6-7,9-10,12-18H,5,8,11H2,1-2H3/q-1/b4-3-,7-6-,10-9-,13-12-,16-15-,18-17+. The van der Waals surface area contributed by atoms with Crippen molar-refractivity contribution in [2.24, 2.45) is 0 Å². The van der Waals surface area contributed by atoms with E-state index in [4.69, 9.17) is 4.74 Å². The summed E-state index contributed by atoms with van der Waals surface area (Å²) in [5.74, 6) is 0. The average molecular weight is 257 g/mol. The van der Waals surface area contributed by atoms with Crippen LogP contribution in [0.3, 0.4) is 0 Å². The van der Waals surface area contributed by atoms with E-state index in [1.807, 2.05) is 37.6 Å². The second kappa shape index (κ2) is 16.1. The molecular weight excluding hydrogens is 232 g/mol. The van der Waals surface area contributed by atoms with Crippen LogP contribution in [-0.2, 0) is 4.74 Å². The first-order chi connectivity index (χ1) is 9.41. The van der Waals surface area contributed by atoms with Crippen LogP contribution in [-0.4, -0.2) is 7.11 Å². The summed E-state index contributed by atoms with van der Waals surface area (Å²) in [6.45, 7) is 2.04. The van der Waals surface area contributed by atoms with E-state index in [1.165, 1.54) is 0 Å². The molecule has 0 aliphatic rings. The zero-order chi connectivity index (χ0) is 14.0. The van der Waals surface area contributed by atoms with Crippen molar-refractivity contribution in [3.05, 3.63) is 79.5 Å². The SMILES string of the molecule is C/C=C\C/C=C\C/C=C\C/C=C\[CH-]/C=C\C=C\OC. The molecular formula is C18H25O-. The second-order valence-corrected chi connectivity index (χ2v) is 3.79. The molecule has 0 amide bonds. The number of hydrogen-bond acceptors (Lipinski definition) is 1. The summed E-state index contributed by atoms with van der Waals surface area (Å²) in [5, 5.41) is 0. The molecule has 1 nitrogen and oxygen atoms in total. The van der Waals surface area contributed by atoms with Gasteiger partial charge >= 0.3 is 0 Å². The van der Waals surface area contributed by atoms with Crippen molar-refractivity contribution < 1.29 is 4.74 Å². The van der Waals surface area contributed by atoms with Gasteiger partial charge in [-0.1, -0.05) is 49.0 Å². The van der Waals surface area contributed by atoms with Crippen molar-refractivity contribution in [1.82, 2.24) is 0 Å². The molecule has 0 saturated heterocycles. The molecule has 0 fully saturated rings. The molecule has 0 aliphatic carbocycles. The van der Waals surface area contributed by atoms with E-state index in [9.17, 15) is 0 Å². The van der Waals surface area contributed by atoms with Gasteiger partial charge in [0.1, 0.15) is 0 Å². The maximum atomic E-state index is 4.77. The predicted molar refractivity (Wildman–Crippen MR) is 85.7 cm³/mol. The molecule has 0 radical (unpaired) electrons. The largest absolute Gasteiger partial charge is 0.505 e. The molecule has 0 heterocycles. The van der Waals surface area contributed by atoms with E-state index in [2.05, 4.69) is 42.5 Å². The summed E-state index contributed by atoms with van der Waals surface area (Å²) in [7, 11) is 1.63. The Kier molecular flexibility index (Phi) is 14.5. The Morgan fingerprint density at radius 2 is 1.42 bits per heavy atom. The molecule has 0 saturated carbocycles. The maximum Gasteiger partial charge on any atom is 0.0765 e. The molecule has 0 rings (SSSR count). The molecule has 0 aliphatic heterocycles. The summed E-state index contributed by atoms with van der Waals surface area (Å²) >= 11 is 0. The fourth-order valence-corrected chi connectivity index (χ4v) is 1.23. The van der Waals surface area contributed by atoms with Crippen LogP contribution in [0.4, 0.5) is 0 Å². The van der Waals surface area contributed by atoms with Crippen molar-refractivity contribution in [3.63, 3.8) is 0 Å². The fraction of sp³-hybridized carbons (Fsp3) is 0.278. The molecule has 0 atom stereocenters. The minimum Gasteiger partial charge on any atom is -0.505 e. The normalized spacial score (nSPS) is 13.2. The number of methoxy groups -OCH3 is 1. The van der Waals surface area contributed by atoms with E-state index >= 15 is 0 Å². The Morgan fingerprint density at radius 3 is 2.05 bits per heavy atom. The van der Waals surface area contributed by atoms with Gasteiger partial charge in [-0.2, -0.15) is 30.7 Å². The van der Waals surface area contributed by atoms with Crippen molar-refractivity contribution in [2.45, 2.75) is 26.2 Å².